The van der Waals surface area contributed by atoms with Crippen LogP contribution >= 0.6 is 0 Å². The Bertz CT molecular complexity index is 1430. The summed E-state index contributed by atoms with van der Waals surface area (Å²) in [7, 11) is 0. The second-order valence-electron chi connectivity index (χ2n) is 10.7. The number of esters is 1. The highest BCUT2D eigenvalue weighted by Crippen LogP contribution is 2.57. The van der Waals surface area contributed by atoms with Gasteiger partial charge in [-0.2, -0.15) is 0 Å². The zero-order valence-corrected chi connectivity index (χ0v) is 22.9. The van der Waals surface area contributed by atoms with Gasteiger partial charge in [0.05, 0.1) is 16.7 Å². The Kier molecular flexibility index (Phi) is 8.15. The van der Waals surface area contributed by atoms with Gasteiger partial charge in [0, 0.05) is 29.8 Å². The highest BCUT2D eigenvalue weighted by molar-refractivity contribution is 5.99. The van der Waals surface area contributed by atoms with E-state index in [1.165, 1.54) is 44.6 Å². The molecule has 5 rings (SSSR count). The molecule has 0 saturated heterocycles. The van der Waals surface area contributed by atoms with Gasteiger partial charge in [0.25, 0.3) is 0 Å². The number of halogens is 2. The van der Waals surface area contributed by atoms with Gasteiger partial charge in [0.1, 0.15) is 11.5 Å². The number of phenolic OH excluding ortho intramolecular Hbond substituents is 2. The number of unbranched alkanes of at least 4 members (excludes halogenated alkanes) is 8. The van der Waals surface area contributed by atoms with E-state index in [1.54, 1.807) is 12.1 Å². The molecule has 3 aromatic rings. The molecule has 216 valence electrons. The summed E-state index contributed by atoms with van der Waals surface area (Å²) in [6, 6.07) is 8.64. The normalized spacial score (nSPS) is 14.2. The summed E-state index contributed by atoms with van der Waals surface area (Å²) in [5.74, 6) is -4.35. The van der Waals surface area contributed by atoms with Gasteiger partial charge >= 0.3 is 5.97 Å². The van der Waals surface area contributed by atoms with E-state index in [-0.39, 0.29) is 39.7 Å². The van der Waals surface area contributed by atoms with Crippen molar-refractivity contribution in [2.45, 2.75) is 76.7 Å². The zero-order valence-electron chi connectivity index (χ0n) is 22.9. The van der Waals surface area contributed by atoms with E-state index in [0.29, 0.717) is 12.1 Å². The van der Waals surface area contributed by atoms with Crippen molar-refractivity contribution in [3.05, 3.63) is 76.4 Å². The molecule has 1 amide bonds. The lowest BCUT2D eigenvalue weighted by Gasteiger charge is -2.36. The molecule has 0 aromatic heterocycles. The van der Waals surface area contributed by atoms with Crippen LogP contribution in [0.3, 0.4) is 0 Å². The lowest BCUT2D eigenvalue weighted by molar-refractivity contribution is -0.116. The molecule has 2 heterocycles. The van der Waals surface area contributed by atoms with E-state index in [9.17, 15) is 28.6 Å². The molecule has 0 fully saturated rings. The molecule has 0 atom stereocenters. The number of ether oxygens (including phenoxy) is 2. The number of amides is 1. The predicted molar refractivity (Wildman–Crippen MR) is 148 cm³/mol. The first-order valence-corrected chi connectivity index (χ1v) is 14.2. The molecule has 3 N–H and O–H groups in total. The summed E-state index contributed by atoms with van der Waals surface area (Å²) in [4.78, 5) is 25.8. The van der Waals surface area contributed by atoms with E-state index in [4.69, 9.17) is 9.47 Å². The lowest BCUT2D eigenvalue weighted by atomic mass is 9.77. The number of anilines is 1. The first kappa shape index (κ1) is 28.4. The molecule has 2 aliphatic heterocycles. The third kappa shape index (κ3) is 5.45. The largest absolute Gasteiger partial charge is 0.505 e. The number of hydrogen-bond acceptors (Lipinski definition) is 6. The predicted octanol–water partition coefficient (Wildman–Crippen LogP) is 7.80. The van der Waals surface area contributed by atoms with Crippen molar-refractivity contribution < 1.29 is 38.1 Å². The van der Waals surface area contributed by atoms with E-state index < -0.39 is 34.7 Å². The minimum atomic E-state index is -1.81. The van der Waals surface area contributed by atoms with Crippen LogP contribution in [0.5, 0.6) is 23.0 Å². The number of nitrogens with one attached hydrogen (secondary N) is 1. The topological polar surface area (TPSA) is 105 Å². The lowest BCUT2D eigenvalue weighted by Crippen LogP contribution is -2.33. The van der Waals surface area contributed by atoms with Crippen molar-refractivity contribution in [2.24, 2.45) is 0 Å². The maximum atomic E-state index is 14.6. The summed E-state index contributed by atoms with van der Waals surface area (Å²) >= 11 is 0. The minimum Gasteiger partial charge on any atom is -0.505 e. The monoisotopic (exact) mass is 565 g/mol. The van der Waals surface area contributed by atoms with Crippen molar-refractivity contribution in [1.29, 1.82) is 0 Å². The van der Waals surface area contributed by atoms with E-state index in [2.05, 4.69) is 12.2 Å². The maximum Gasteiger partial charge on any atom is 0.340 e. The van der Waals surface area contributed by atoms with E-state index >= 15 is 0 Å². The average molecular weight is 566 g/mol. The van der Waals surface area contributed by atoms with Crippen LogP contribution in [0.2, 0.25) is 0 Å². The Balaban J connectivity index is 1.35. The van der Waals surface area contributed by atoms with Gasteiger partial charge in [-0.15, -0.1) is 0 Å². The smallest absolute Gasteiger partial charge is 0.340 e. The number of aromatic hydroxyl groups is 2. The third-order valence-electron chi connectivity index (χ3n) is 7.73. The molecular formula is C32H33F2NO6. The standard InChI is InChI=1S/C32H33F2NO6/c1-2-3-4-5-6-7-8-9-10-11-30(38)35-19-12-13-21-20(14-19)31(39)41-32(21)22-15-24(33)26(36)17-28(22)40-29-18-27(37)25(34)16-23(29)32/h12-18,36-37H,2-11H2,1H3,(H,35,38). The third-order valence-corrected chi connectivity index (χ3v) is 7.73. The van der Waals surface area contributed by atoms with E-state index in [1.807, 2.05) is 0 Å². The average Bonchev–Trinajstić information content (AvgIpc) is 3.22. The van der Waals surface area contributed by atoms with Gasteiger partial charge in [0.15, 0.2) is 28.7 Å². The summed E-state index contributed by atoms with van der Waals surface area (Å²) in [6.07, 6.45) is 10.6. The molecule has 1 spiro atoms. The van der Waals surface area contributed by atoms with Gasteiger partial charge in [-0.1, -0.05) is 64.4 Å². The van der Waals surface area contributed by atoms with Crippen LogP contribution in [0.4, 0.5) is 14.5 Å². The molecule has 2 aliphatic rings. The van der Waals surface area contributed by atoms with Crippen LogP contribution in [0.25, 0.3) is 0 Å². The number of rotatable bonds is 11. The van der Waals surface area contributed by atoms with Crippen molar-refractivity contribution in [3.63, 3.8) is 0 Å². The first-order chi connectivity index (χ1) is 19.7. The molecule has 0 bridgehead atoms. The highest BCUT2D eigenvalue weighted by atomic mass is 19.1. The fraction of sp³-hybridized carbons (Fsp3) is 0.375. The first-order valence-electron chi connectivity index (χ1n) is 14.2. The summed E-state index contributed by atoms with van der Waals surface area (Å²) in [5, 5.41) is 22.7. The SMILES string of the molecule is CCCCCCCCCCCC(=O)Nc1ccc2c(c1)C(=O)OC21c2cc(F)c(O)cc2Oc2cc(O)c(F)cc21. The molecule has 9 heteroatoms. The Morgan fingerprint density at radius 2 is 1.37 bits per heavy atom. The molecule has 0 radical (unpaired) electrons. The van der Waals surface area contributed by atoms with Gasteiger partial charge in [0.2, 0.25) is 5.91 Å². The van der Waals surface area contributed by atoms with Crippen molar-refractivity contribution in [3.8, 4) is 23.0 Å². The number of fused-ring (bicyclic) bond motifs is 6. The Labute approximate surface area is 237 Å². The van der Waals surface area contributed by atoms with Gasteiger partial charge in [-0.3, -0.25) is 4.79 Å². The fourth-order valence-corrected chi connectivity index (χ4v) is 5.63. The van der Waals surface area contributed by atoms with Crippen LogP contribution in [0, 0.1) is 11.6 Å². The van der Waals surface area contributed by atoms with Crippen LogP contribution in [0.1, 0.15) is 98.2 Å². The Morgan fingerprint density at radius 3 is 1.95 bits per heavy atom. The van der Waals surface area contributed by atoms with Crippen LogP contribution in [0.15, 0.2) is 42.5 Å². The van der Waals surface area contributed by atoms with Crippen molar-refractivity contribution >= 4 is 17.6 Å². The van der Waals surface area contributed by atoms with Crippen LogP contribution < -0.4 is 10.1 Å². The number of carbonyl (C=O) groups is 2. The van der Waals surface area contributed by atoms with Gasteiger partial charge in [-0.25, -0.2) is 13.6 Å². The second kappa shape index (κ2) is 11.8. The molecule has 0 aliphatic carbocycles. The second-order valence-corrected chi connectivity index (χ2v) is 10.7. The number of benzene rings is 3. The Morgan fingerprint density at radius 1 is 0.805 bits per heavy atom. The molecular weight excluding hydrogens is 532 g/mol. The highest BCUT2D eigenvalue weighted by Gasteiger charge is 2.54. The fourth-order valence-electron chi connectivity index (χ4n) is 5.63. The number of hydrogen-bond donors (Lipinski definition) is 3. The number of phenols is 2. The quantitative estimate of drug-likeness (QED) is 0.162. The van der Waals surface area contributed by atoms with E-state index in [0.717, 1.165) is 43.5 Å². The minimum absolute atomic E-state index is 0.0265. The van der Waals surface area contributed by atoms with Gasteiger partial charge in [-0.05, 0) is 30.7 Å². The summed E-state index contributed by atoms with van der Waals surface area (Å²) in [6.45, 7) is 2.20. The van der Waals surface area contributed by atoms with Gasteiger partial charge < -0.3 is 25.0 Å². The Hall–Kier alpha value is -4.14. The van der Waals surface area contributed by atoms with Crippen LogP contribution in [-0.2, 0) is 15.1 Å². The summed E-state index contributed by atoms with van der Waals surface area (Å²) < 4.78 is 40.8. The number of carbonyl (C=O) groups excluding carboxylic acids is 2. The van der Waals surface area contributed by atoms with Crippen LogP contribution in [-0.4, -0.2) is 22.1 Å². The summed E-state index contributed by atoms with van der Waals surface area (Å²) in [5.41, 5.74) is -0.955. The zero-order chi connectivity index (χ0) is 29.1. The van der Waals surface area contributed by atoms with Crippen molar-refractivity contribution in [2.75, 3.05) is 5.32 Å². The molecule has 3 aromatic carbocycles. The molecule has 0 saturated carbocycles. The maximum absolute atomic E-state index is 14.6. The molecule has 41 heavy (non-hydrogen) atoms. The molecule has 7 nitrogen and oxygen atoms in total. The molecule has 0 unspecified atom stereocenters. The van der Waals surface area contributed by atoms with Crippen molar-refractivity contribution in [1.82, 2.24) is 0 Å².